The molecule has 2 heterocycles. The molecular weight excluding hydrogens is 431 g/mol. The fraction of sp³-hybridized carbons (Fsp3) is 0.214. The van der Waals surface area contributed by atoms with Gasteiger partial charge in [-0.25, -0.2) is 4.39 Å². The second-order valence-corrected chi connectivity index (χ2v) is 8.55. The molecule has 3 atom stereocenters. The zero-order valence-electron chi connectivity index (χ0n) is 18.4. The molecule has 3 aromatic rings. The van der Waals surface area contributed by atoms with Gasteiger partial charge < -0.3 is 14.9 Å². The van der Waals surface area contributed by atoms with Crippen molar-refractivity contribution in [2.24, 2.45) is 0 Å². The number of fused-ring (bicyclic) bond motifs is 1. The number of hydrogen-bond donors (Lipinski definition) is 1. The second-order valence-electron chi connectivity index (χ2n) is 8.55. The van der Waals surface area contributed by atoms with Crippen molar-refractivity contribution < 1.29 is 19.1 Å². The highest BCUT2D eigenvalue weighted by Crippen LogP contribution is 2.43. The van der Waals surface area contributed by atoms with E-state index in [0.717, 1.165) is 16.7 Å². The fourth-order valence-corrected chi connectivity index (χ4v) is 4.91. The van der Waals surface area contributed by atoms with E-state index in [1.54, 1.807) is 11.0 Å². The number of carbonyl (C=O) groups is 2. The second kappa shape index (κ2) is 9.12. The quantitative estimate of drug-likeness (QED) is 0.619. The summed E-state index contributed by atoms with van der Waals surface area (Å²) in [6, 6.07) is 22.7. The van der Waals surface area contributed by atoms with Crippen LogP contribution in [0.25, 0.3) is 0 Å². The summed E-state index contributed by atoms with van der Waals surface area (Å²) in [4.78, 5) is 28.8. The van der Waals surface area contributed by atoms with Crippen molar-refractivity contribution in [3.8, 4) is 11.8 Å². The van der Waals surface area contributed by atoms with E-state index in [1.807, 2.05) is 54.6 Å². The molecule has 0 aliphatic carbocycles. The molecule has 0 saturated carbocycles. The predicted octanol–water partition coefficient (Wildman–Crippen LogP) is 3.04. The number of carbonyl (C=O) groups excluding carboxylic acids is 2. The molecule has 0 unspecified atom stereocenters. The largest absolute Gasteiger partial charge is 0.394 e. The van der Waals surface area contributed by atoms with Gasteiger partial charge in [-0.3, -0.25) is 9.59 Å². The molecule has 3 aromatic carbocycles. The molecular formula is C28H23FN2O3. The zero-order chi connectivity index (χ0) is 23.7. The molecule has 2 amide bonds. The first-order chi connectivity index (χ1) is 16.6. The van der Waals surface area contributed by atoms with Gasteiger partial charge in [0.1, 0.15) is 12.4 Å². The van der Waals surface area contributed by atoms with E-state index in [9.17, 15) is 19.1 Å². The van der Waals surface area contributed by atoms with E-state index in [4.69, 9.17) is 0 Å². The van der Waals surface area contributed by atoms with Crippen LogP contribution in [-0.4, -0.2) is 58.5 Å². The van der Waals surface area contributed by atoms with E-state index in [0.29, 0.717) is 0 Å². The molecule has 2 saturated heterocycles. The number of halogens is 1. The summed E-state index contributed by atoms with van der Waals surface area (Å²) in [5.74, 6) is 4.82. The first kappa shape index (κ1) is 21.9. The molecule has 2 aliphatic heterocycles. The minimum absolute atomic E-state index is 0.0420. The van der Waals surface area contributed by atoms with Crippen LogP contribution in [0.2, 0.25) is 0 Å². The van der Waals surface area contributed by atoms with Gasteiger partial charge in [-0.1, -0.05) is 54.3 Å². The highest BCUT2D eigenvalue weighted by atomic mass is 19.1. The summed E-state index contributed by atoms with van der Waals surface area (Å²) in [5, 5.41) is 9.98. The number of rotatable bonds is 3. The Bertz CT molecular complexity index is 1280. The topological polar surface area (TPSA) is 60.9 Å². The fourth-order valence-electron chi connectivity index (χ4n) is 4.91. The van der Waals surface area contributed by atoms with Crippen LogP contribution >= 0.6 is 0 Å². The number of amides is 2. The summed E-state index contributed by atoms with van der Waals surface area (Å²) in [7, 11) is 0. The Hall–Kier alpha value is -3.95. The minimum Gasteiger partial charge on any atom is -0.394 e. The average molecular weight is 455 g/mol. The lowest BCUT2D eigenvalue weighted by Gasteiger charge is -2.58. The third-order valence-corrected chi connectivity index (χ3v) is 6.56. The highest BCUT2D eigenvalue weighted by Gasteiger charge is 2.54. The maximum atomic E-state index is 14.2. The standard InChI is InChI=1S/C28H23FN2O3/c29-23-9-5-4-8-22(23)28(34)30-16-24-27(25(18-32)31(24)26(33)17-30)21-14-12-20(13-15-21)11-10-19-6-2-1-3-7-19/h1-9,12-15,24-25,27,32H,16-18H2/t24-,25+,27-/m1/s1. The predicted molar refractivity (Wildman–Crippen MR) is 125 cm³/mol. The van der Waals surface area contributed by atoms with E-state index < -0.39 is 11.7 Å². The van der Waals surface area contributed by atoms with E-state index in [2.05, 4.69) is 11.8 Å². The molecule has 0 radical (unpaired) electrons. The molecule has 2 aliphatic rings. The Morgan fingerprint density at radius 1 is 0.941 bits per heavy atom. The Kier molecular flexibility index (Phi) is 5.87. The molecule has 1 N–H and O–H groups in total. The first-order valence-corrected chi connectivity index (χ1v) is 11.2. The molecule has 0 spiro atoms. The van der Waals surface area contributed by atoms with Crippen molar-refractivity contribution in [3.63, 3.8) is 0 Å². The lowest BCUT2D eigenvalue weighted by atomic mass is 9.73. The summed E-state index contributed by atoms with van der Waals surface area (Å²) >= 11 is 0. The van der Waals surface area contributed by atoms with Crippen molar-refractivity contribution in [1.82, 2.24) is 9.80 Å². The lowest BCUT2D eigenvalue weighted by molar-refractivity contribution is -0.159. The van der Waals surface area contributed by atoms with Crippen LogP contribution in [0.3, 0.4) is 0 Å². The normalized spacial score (nSPS) is 21.2. The van der Waals surface area contributed by atoms with Gasteiger partial charge in [0.25, 0.3) is 5.91 Å². The molecule has 170 valence electrons. The van der Waals surface area contributed by atoms with Crippen LogP contribution < -0.4 is 0 Å². The van der Waals surface area contributed by atoms with E-state index in [-0.39, 0.29) is 49.2 Å². The van der Waals surface area contributed by atoms with Crippen LogP contribution in [0.1, 0.15) is 33.0 Å². The van der Waals surface area contributed by atoms with Gasteiger partial charge in [0.15, 0.2) is 0 Å². The van der Waals surface area contributed by atoms with Crippen LogP contribution in [-0.2, 0) is 4.79 Å². The number of piperazine rings is 1. The molecule has 2 fully saturated rings. The zero-order valence-corrected chi connectivity index (χ0v) is 18.4. The van der Waals surface area contributed by atoms with Gasteiger partial charge in [-0.2, -0.15) is 0 Å². The minimum atomic E-state index is -0.604. The van der Waals surface area contributed by atoms with Gasteiger partial charge >= 0.3 is 0 Å². The Morgan fingerprint density at radius 3 is 2.26 bits per heavy atom. The third kappa shape index (κ3) is 3.95. The highest BCUT2D eigenvalue weighted by molar-refractivity contribution is 5.97. The number of aliphatic hydroxyl groups is 1. The number of benzene rings is 3. The lowest BCUT2D eigenvalue weighted by Crippen LogP contribution is -2.73. The van der Waals surface area contributed by atoms with Gasteiger partial charge in [-0.15, -0.1) is 0 Å². The average Bonchev–Trinajstić information content (AvgIpc) is 2.85. The van der Waals surface area contributed by atoms with Crippen LogP contribution in [0, 0.1) is 17.7 Å². The van der Waals surface area contributed by atoms with Crippen molar-refractivity contribution in [2.45, 2.75) is 18.0 Å². The van der Waals surface area contributed by atoms with E-state index >= 15 is 0 Å². The molecule has 0 aromatic heterocycles. The molecule has 5 nitrogen and oxygen atoms in total. The summed E-state index contributed by atoms with van der Waals surface area (Å²) in [6.07, 6.45) is 0. The van der Waals surface area contributed by atoms with Crippen molar-refractivity contribution >= 4 is 11.8 Å². The smallest absolute Gasteiger partial charge is 0.257 e. The van der Waals surface area contributed by atoms with Crippen molar-refractivity contribution in [2.75, 3.05) is 19.7 Å². The van der Waals surface area contributed by atoms with Crippen LogP contribution in [0.4, 0.5) is 4.39 Å². The SMILES string of the molecule is O=C(c1ccccc1F)N1CC(=O)N2[C@H](C1)[C@@H](c1ccc(C#Cc3ccccc3)cc1)[C@@H]2CO. The summed E-state index contributed by atoms with van der Waals surface area (Å²) in [5.41, 5.74) is 2.72. The number of hydrogen-bond acceptors (Lipinski definition) is 3. The van der Waals surface area contributed by atoms with E-state index in [1.165, 1.54) is 23.1 Å². The molecule has 34 heavy (non-hydrogen) atoms. The Labute approximate surface area is 197 Å². The van der Waals surface area contributed by atoms with Gasteiger partial charge in [-0.05, 0) is 42.0 Å². The van der Waals surface area contributed by atoms with Gasteiger partial charge in [0, 0.05) is 23.6 Å². The van der Waals surface area contributed by atoms with Gasteiger partial charge in [0.05, 0.1) is 24.3 Å². The van der Waals surface area contributed by atoms with Crippen molar-refractivity contribution in [1.29, 1.82) is 0 Å². The Morgan fingerprint density at radius 2 is 1.59 bits per heavy atom. The number of nitrogens with zero attached hydrogens (tertiary/aromatic N) is 2. The monoisotopic (exact) mass is 454 g/mol. The molecule has 0 bridgehead atoms. The van der Waals surface area contributed by atoms with Crippen LogP contribution in [0.15, 0.2) is 78.9 Å². The maximum absolute atomic E-state index is 14.2. The van der Waals surface area contributed by atoms with Crippen LogP contribution in [0.5, 0.6) is 0 Å². The number of aliphatic hydroxyl groups excluding tert-OH is 1. The molecule has 6 heteroatoms. The van der Waals surface area contributed by atoms with Gasteiger partial charge in [0.2, 0.25) is 5.91 Å². The Balaban J connectivity index is 1.36. The first-order valence-electron chi connectivity index (χ1n) is 11.2. The maximum Gasteiger partial charge on any atom is 0.257 e. The summed E-state index contributed by atoms with van der Waals surface area (Å²) < 4.78 is 14.2. The summed E-state index contributed by atoms with van der Waals surface area (Å²) in [6.45, 7) is 0.000268. The third-order valence-electron chi connectivity index (χ3n) is 6.56. The van der Waals surface area contributed by atoms with Crippen molar-refractivity contribution in [3.05, 3.63) is 107 Å². The molecule has 5 rings (SSSR count).